The summed E-state index contributed by atoms with van der Waals surface area (Å²) in [7, 11) is 0. The van der Waals surface area contributed by atoms with Gasteiger partial charge in [-0.1, -0.05) is 12.1 Å². The number of carbonyl (C=O) groups excluding carboxylic acids is 1. The zero-order valence-electron chi connectivity index (χ0n) is 14.4. The van der Waals surface area contributed by atoms with Gasteiger partial charge in [0.2, 0.25) is 0 Å². The minimum Gasteiger partial charge on any atom is -0.464 e. The molecule has 0 amide bonds. The summed E-state index contributed by atoms with van der Waals surface area (Å²) in [6.45, 7) is 6.78. The van der Waals surface area contributed by atoms with E-state index in [0.717, 1.165) is 23.8 Å². The van der Waals surface area contributed by atoms with Crippen molar-refractivity contribution in [3.8, 4) is 6.07 Å². The predicted molar refractivity (Wildman–Crippen MR) is 96.7 cm³/mol. The Morgan fingerprint density at radius 1 is 1.40 bits per heavy atom. The zero-order valence-corrected chi connectivity index (χ0v) is 15.2. The van der Waals surface area contributed by atoms with Gasteiger partial charge in [-0.05, 0) is 37.5 Å². The monoisotopic (exact) mass is 357 g/mol. The van der Waals surface area contributed by atoms with Crippen LogP contribution in [-0.2, 0) is 9.53 Å². The summed E-state index contributed by atoms with van der Waals surface area (Å²) in [6, 6.07) is 9.69. The molecule has 0 fully saturated rings. The summed E-state index contributed by atoms with van der Waals surface area (Å²) in [5.41, 5.74) is 2.68. The van der Waals surface area contributed by atoms with Crippen LogP contribution < -0.4 is 4.90 Å². The van der Waals surface area contributed by atoms with Crippen LogP contribution in [0.2, 0.25) is 0 Å². The van der Waals surface area contributed by atoms with Gasteiger partial charge in [-0.2, -0.15) is 9.64 Å². The van der Waals surface area contributed by atoms with Gasteiger partial charge in [-0.3, -0.25) is 4.79 Å². The molecule has 25 heavy (non-hydrogen) atoms. The molecule has 1 heterocycles. The van der Waals surface area contributed by atoms with Crippen LogP contribution in [0.5, 0.6) is 0 Å². The van der Waals surface area contributed by atoms with Crippen molar-refractivity contribution < 1.29 is 9.53 Å². The molecular weight excluding hydrogens is 338 g/mol. The number of benzene rings is 1. The van der Waals surface area contributed by atoms with E-state index in [-0.39, 0.29) is 5.97 Å². The number of aromatic nitrogens is 1. The number of hydrogen-bond donors (Lipinski definition) is 0. The Bertz CT molecular complexity index is 810. The number of carbonyl (C=O) groups is 1. The van der Waals surface area contributed by atoms with E-state index in [1.165, 1.54) is 6.92 Å². The van der Waals surface area contributed by atoms with Gasteiger partial charge in [0, 0.05) is 13.5 Å². The molecule has 7 nitrogen and oxygen atoms in total. The number of ether oxygens (including phenoxy) is 1. The zero-order chi connectivity index (χ0) is 18.2. The van der Waals surface area contributed by atoms with Crippen LogP contribution >= 0.6 is 11.5 Å². The quantitative estimate of drug-likeness (QED) is 0.549. The lowest BCUT2D eigenvalue weighted by molar-refractivity contribution is -0.140. The van der Waals surface area contributed by atoms with Crippen molar-refractivity contribution >= 4 is 33.9 Å². The van der Waals surface area contributed by atoms with E-state index in [2.05, 4.69) is 25.6 Å². The lowest BCUT2D eigenvalue weighted by Crippen LogP contribution is -2.27. The fourth-order valence-electron chi connectivity index (χ4n) is 2.22. The smallest absolute Gasteiger partial charge is 0.302 e. The highest BCUT2D eigenvalue weighted by Crippen LogP contribution is 2.32. The standard InChI is InChI=1S/C17H19N5O2S/c1-4-22(9-10-24-13(3)23)16-8-6-5-7-15(16)19-20-17-14(11-18)12(2)21-25-17/h5-8H,4,9-10H2,1-3H3. The molecule has 0 spiro atoms. The van der Waals surface area contributed by atoms with E-state index in [4.69, 9.17) is 4.74 Å². The average Bonchev–Trinajstić information content (AvgIpc) is 2.97. The van der Waals surface area contributed by atoms with Crippen molar-refractivity contribution in [2.24, 2.45) is 10.2 Å². The fourth-order valence-corrected chi connectivity index (χ4v) is 2.90. The van der Waals surface area contributed by atoms with Crippen molar-refractivity contribution in [2.45, 2.75) is 20.8 Å². The van der Waals surface area contributed by atoms with Crippen LogP contribution in [0.3, 0.4) is 0 Å². The number of azo groups is 1. The van der Waals surface area contributed by atoms with Crippen molar-refractivity contribution in [2.75, 3.05) is 24.6 Å². The third-order valence-electron chi connectivity index (χ3n) is 3.48. The third-order valence-corrected chi connectivity index (χ3v) is 4.30. The maximum absolute atomic E-state index is 10.9. The fraction of sp³-hybridized carbons (Fsp3) is 0.353. The SMILES string of the molecule is CCN(CCOC(C)=O)c1ccccc1N=Nc1snc(C)c1C#N. The van der Waals surface area contributed by atoms with E-state index in [0.29, 0.717) is 35.1 Å². The Labute approximate surface area is 150 Å². The molecule has 0 saturated heterocycles. The molecule has 1 aromatic carbocycles. The van der Waals surface area contributed by atoms with Gasteiger partial charge in [-0.15, -0.1) is 10.2 Å². The second kappa shape index (κ2) is 8.89. The van der Waals surface area contributed by atoms with E-state index in [1.807, 2.05) is 31.2 Å². The number of likely N-dealkylation sites (N-methyl/N-ethyl adjacent to an activating group) is 1. The molecule has 8 heteroatoms. The van der Waals surface area contributed by atoms with Gasteiger partial charge < -0.3 is 9.64 Å². The highest BCUT2D eigenvalue weighted by atomic mass is 32.1. The first-order chi connectivity index (χ1) is 12.1. The largest absolute Gasteiger partial charge is 0.464 e. The summed E-state index contributed by atoms with van der Waals surface area (Å²) in [5.74, 6) is -0.298. The summed E-state index contributed by atoms with van der Waals surface area (Å²) in [5, 5.41) is 18.2. The van der Waals surface area contributed by atoms with E-state index in [1.54, 1.807) is 6.92 Å². The second-order valence-electron chi connectivity index (χ2n) is 5.17. The molecule has 130 valence electrons. The molecule has 1 aromatic heterocycles. The lowest BCUT2D eigenvalue weighted by atomic mass is 10.2. The van der Waals surface area contributed by atoms with Gasteiger partial charge in [0.05, 0.1) is 17.9 Å². The molecule has 0 atom stereocenters. The highest BCUT2D eigenvalue weighted by molar-refractivity contribution is 7.10. The molecular formula is C17H19N5O2S. The molecule has 0 N–H and O–H groups in total. The van der Waals surface area contributed by atoms with Crippen LogP contribution in [0, 0.1) is 18.3 Å². The average molecular weight is 357 g/mol. The van der Waals surface area contributed by atoms with Crippen LogP contribution in [0.25, 0.3) is 0 Å². The van der Waals surface area contributed by atoms with Crippen LogP contribution in [0.4, 0.5) is 16.4 Å². The van der Waals surface area contributed by atoms with Crippen molar-refractivity contribution in [3.05, 3.63) is 35.5 Å². The van der Waals surface area contributed by atoms with Crippen LogP contribution in [0.1, 0.15) is 25.1 Å². The van der Waals surface area contributed by atoms with Crippen molar-refractivity contribution in [1.29, 1.82) is 5.26 Å². The second-order valence-corrected chi connectivity index (χ2v) is 5.92. The lowest BCUT2D eigenvalue weighted by Gasteiger charge is -2.23. The molecule has 0 saturated carbocycles. The number of aryl methyl sites for hydroxylation is 1. The Hall–Kier alpha value is -2.79. The normalized spacial score (nSPS) is 10.6. The Morgan fingerprint density at radius 3 is 2.84 bits per heavy atom. The molecule has 0 aliphatic heterocycles. The molecule has 0 aliphatic rings. The van der Waals surface area contributed by atoms with Crippen molar-refractivity contribution in [3.63, 3.8) is 0 Å². The van der Waals surface area contributed by atoms with Crippen molar-refractivity contribution in [1.82, 2.24) is 4.37 Å². The number of hydrogen-bond acceptors (Lipinski definition) is 8. The topological polar surface area (TPSA) is 90.9 Å². The minimum atomic E-state index is -0.298. The minimum absolute atomic E-state index is 0.298. The summed E-state index contributed by atoms with van der Waals surface area (Å²) < 4.78 is 9.16. The van der Waals surface area contributed by atoms with E-state index >= 15 is 0 Å². The number of rotatable bonds is 7. The first-order valence-electron chi connectivity index (χ1n) is 7.82. The first-order valence-corrected chi connectivity index (χ1v) is 8.59. The van der Waals surface area contributed by atoms with E-state index < -0.39 is 0 Å². The molecule has 0 radical (unpaired) electrons. The molecule has 0 unspecified atom stereocenters. The van der Waals surface area contributed by atoms with Crippen LogP contribution in [0.15, 0.2) is 34.5 Å². The van der Waals surface area contributed by atoms with Gasteiger partial charge in [0.1, 0.15) is 23.9 Å². The predicted octanol–water partition coefficient (Wildman–Crippen LogP) is 4.13. The van der Waals surface area contributed by atoms with E-state index in [9.17, 15) is 10.1 Å². The van der Waals surface area contributed by atoms with Gasteiger partial charge in [-0.25, -0.2) is 0 Å². The van der Waals surface area contributed by atoms with Gasteiger partial charge >= 0.3 is 5.97 Å². The van der Waals surface area contributed by atoms with Gasteiger partial charge in [0.15, 0.2) is 5.00 Å². The maximum atomic E-state index is 10.9. The number of nitrogens with zero attached hydrogens (tertiary/aromatic N) is 5. The Morgan fingerprint density at radius 2 is 2.16 bits per heavy atom. The number of para-hydroxylation sites is 1. The third kappa shape index (κ3) is 4.84. The Kier molecular flexibility index (Phi) is 6.60. The highest BCUT2D eigenvalue weighted by Gasteiger charge is 2.12. The number of anilines is 1. The first kappa shape index (κ1) is 18.5. The van der Waals surface area contributed by atoms with Crippen LogP contribution in [-0.4, -0.2) is 30.0 Å². The molecule has 0 aliphatic carbocycles. The summed E-state index contributed by atoms with van der Waals surface area (Å²) in [4.78, 5) is 13.0. The summed E-state index contributed by atoms with van der Waals surface area (Å²) in [6.07, 6.45) is 0. The maximum Gasteiger partial charge on any atom is 0.302 e. The summed E-state index contributed by atoms with van der Waals surface area (Å²) >= 11 is 1.15. The number of esters is 1. The number of nitriles is 1. The Balaban J connectivity index is 2.23. The van der Waals surface area contributed by atoms with Gasteiger partial charge in [0.25, 0.3) is 0 Å². The molecule has 2 rings (SSSR count). The molecule has 0 bridgehead atoms. The molecule has 2 aromatic rings.